The molecular weight excluding hydrogens is 394 g/mol. The van der Waals surface area contributed by atoms with Gasteiger partial charge in [-0.05, 0) is 63.0 Å². The van der Waals surface area contributed by atoms with Gasteiger partial charge >= 0.3 is 0 Å². The van der Waals surface area contributed by atoms with Gasteiger partial charge in [-0.1, -0.05) is 18.2 Å². The number of fused-ring (bicyclic) bond motifs is 2. The van der Waals surface area contributed by atoms with E-state index in [-0.39, 0.29) is 30.6 Å². The maximum absolute atomic E-state index is 13.1. The Morgan fingerprint density at radius 3 is 2.65 bits per heavy atom. The van der Waals surface area contributed by atoms with Crippen LogP contribution in [0.2, 0.25) is 0 Å². The number of amides is 2. The molecule has 1 saturated heterocycles. The molecule has 0 bridgehead atoms. The number of piperidine rings is 1. The second-order valence-corrected chi connectivity index (χ2v) is 8.41. The van der Waals surface area contributed by atoms with Gasteiger partial charge in [-0.25, -0.2) is 0 Å². The van der Waals surface area contributed by atoms with Crippen molar-refractivity contribution in [1.82, 2.24) is 4.90 Å². The molecular formula is C24H27N3O4. The summed E-state index contributed by atoms with van der Waals surface area (Å²) in [6, 6.07) is 13.4. The minimum absolute atomic E-state index is 0.0194. The van der Waals surface area contributed by atoms with Crippen LogP contribution in [0.15, 0.2) is 42.5 Å². The molecule has 0 spiro atoms. The van der Waals surface area contributed by atoms with Gasteiger partial charge in [0.15, 0.2) is 11.5 Å². The summed E-state index contributed by atoms with van der Waals surface area (Å²) >= 11 is 0. The zero-order chi connectivity index (χ0) is 21.4. The number of nitrogens with zero attached hydrogens (tertiary/aromatic N) is 2. The molecule has 3 aliphatic rings. The summed E-state index contributed by atoms with van der Waals surface area (Å²) in [6.45, 7) is 4.42. The van der Waals surface area contributed by atoms with Gasteiger partial charge in [-0.15, -0.1) is 0 Å². The first kappa shape index (κ1) is 19.9. The Labute approximate surface area is 181 Å². The van der Waals surface area contributed by atoms with E-state index in [1.807, 2.05) is 42.2 Å². The van der Waals surface area contributed by atoms with Crippen molar-refractivity contribution in [3.05, 3.63) is 48.0 Å². The number of likely N-dealkylation sites (tertiary alicyclic amines) is 1. The van der Waals surface area contributed by atoms with Crippen molar-refractivity contribution in [2.24, 2.45) is 5.92 Å². The Morgan fingerprint density at radius 1 is 1.03 bits per heavy atom. The molecule has 1 N–H and O–H groups in total. The van der Waals surface area contributed by atoms with Crippen molar-refractivity contribution >= 4 is 23.2 Å². The summed E-state index contributed by atoms with van der Waals surface area (Å²) in [5, 5.41) is 3.00. The van der Waals surface area contributed by atoms with Crippen LogP contribution in [-0.2, 0) is 16.0 Å². The third-order valence-electron chi connectivity index (χ3n) is 6.60. The minimum atomic E-state index is -0.191. The third-order valence-corrected chi connectivity index (χ3v) is 6.60. The van der Waals surface area contributed by atoms with Gasteiger partial charge in [-0.2, -0.15) is 0 Å². The number of para-hydroxylation sites is 1. The fourth-order valence-corrected chi connectivity index (χ4v) is 4.72. The zero-order valence-corrected chi connectivity index (χ0v) is 17.7. The molecule has 162 valence electrons. The maximum Gasteiger partial charge on any atom is 0.244 e. The summed E-state index contributed by atoms with van der Waals surface area (Å²) in [5.41, 5.74) is 2.99. The molecule has 31 heavy (non-hydrogen) atoms. The molecule has 1 unspecified atom stereocenters. The molecule has 2 amide bonds. The van der Waals surface area contributed by atoms with E-state index in [0.717, 1.165) is 44.6 Å². The highest BCUT2D eigenvalue weighted by Gasteiger charge is 2.34. The normalized spacial score (nSPS) is 19.2. The number of hydrogen-bond donors (Lipinski definition) is 1. The molecule has 1 atom stereocenters. The molecule has 0 radical (unpaired) electrons. The van der Waals surface area contributed by atoms with E-state index in [2.05, 4.69) is 16.3 Å². The summed E-state index contributed by atoms with van der Waals surface area (Å²) < 4.78 is 10.7. The number of carbonyl (C=O) groups is 2. The van der Waals surface area contributed by atoms with Crippen LogP contribution in [-0.4, -0.2) is 49.2 Å². The highest BCUT2D eigenvalue weighted by Crippen LogP contribution is 2.34. The van der Waals surface area contributed by atoms with Gasteiger partial charge in [0, 0.05) is 29.9 Å². The molecule has 2 aromatic carbocycles. The minimum Gasteiger partial charge on any atom is -0.454 e. The van der Waals surface area contributed by atoms with Crippen LogP contribution in [0.5, 0.6) is 11.5 Å². The Bertz CT molecular complexity index is 1000. The topological polar surface area (TPSA) is 71.1 Å². The van der Waals surface area contributed by atoms with Gasteiger partial charge in [0.25, 0.3) is 0 Å². The van der Waals surface area contributed by atoms with Crippen LogP contribution in [0.25, 0.3) is 0 Å². The van der Waals surface area contributed by atoms with Crippen LogP contribution in [0.4, 0.5) is 11.4 Å². The second kappa shape index (κ2) is 8.23. The summed E-state index contributed by atoms with van der Waals surface area (Å²) in [7, 11) is 0. The van der Waals surface area contributed by atoms with E-state index in [9.17, 15) is 9.59 Å². The van der Waals surface area contributed by atoms with Crippen molar-refractivity contribution in [1.29, 1.82) is 0 Å². The summed E-state index contributed by atoms with van der Waals surface area (Å²) in [4.78, 5) is 30.0. The van der Waals surface area contributed by atoms with Crippen LogP contribution in [0.1, 0.15) is 25.3 Å². The highest BCUT2D eigenvalue weighted by atomic mass is 16.7. The average molecular weight is 421 g/mol. The van der Waals surface area contributed by atoms with Gasteiger partial charge in [0.1, 0.15) is 0 Å². The largest absolute Gasteiger partial charge is 0.454 e. The van der Waals surface area contributed by atoms with Crippen molar-refractivity contribution in [3.63, 3.8) is 0 Å². The summed E-state index contributed by atoms with van der Waals surface area (Å²) in [6.07, 6.45) is 2.39. The first-order valence-corrected chi connectivity index (χ1v) is 10.9. The molecule has 1 fully saturated rings. The Hall–Kier alpha value is -3.06. The number of rotatable bonds is 4. The maximum atomic E-state index is 13.1. The zero-order valence-electron chi connectivity index (χ0n) is 17.7. The van der Waals surface area contributed by atoms with Crippen molar-refractivity contribution < 1.29 is 19.1 Å². The van der Waals surface area contributed by atoms with E-state index in [4.69, 9.17) is 9.47 Å². The summed E-state index contributed by atoms with van der Waals surface area (Å²) in [5.74, 6) is 1.46. The molecule has 7 heteroatoms. The van der Waals surface area contributed by atoms with Gasteiger partial charge in [0.2, 0.25) is 18.6 Å². The lowest BCUT2D eigenvalue weighted by Crippen LogP contribution is -2.50. The number of benzene rings is 2. The molecule has 0 saturated carbocycles. The lowest BCUT2D eigenvalue weighted by Gasteiger charge is -2.36. The third kappa shape index (κ3) is 3.85. The van der Waals surface area contributed by atoms with Gasteiger partial charge in [-0.3, -0.25) is 14.5 Å². The first-order valence-electron chi connectivity index (χ1n) is 10.9. The van der Waals surface area contributed by atoms with Gasteiger partial charge < -0.3 is 19.7 Å². The first-order chi connectivity index (χ1) is 15.1. The van der Waals surface area contributed by atoms with Crippen molar-refractivity contribution in [3.8, 4) is 11.5 Å². The lowest BCUT2D eigenvalue weighted by molar-refractivity contribution is -0.124. The van der Waals surface area contributed by atoms with Crippen molar-refractivity contribution in [2.75, 3.05) is 36.6 Å². The molecule has 5 rings (SSSR count). The highest BCUT2D eigenvalue weighted by molar-refractivity contribution is 5.98. The number of anilines is 2. The van der Waals surface area contributed by atoms with Gasteiger partial charge in [0.05, 0.1) is 6.04 Å². The lowest BCUT2D eigenvalue weighted by atomic mass is 9.94. The quantitative estimate of drug-likeness (QED) is 0.822. The Kier molecular flexibility index (Phi) is 5.28. The van der Waals surface area contributed by atoms with Crippen LogP contribution < -0.4 is 19.7 Å². The molecule has 3 heterocycles. The van der Waals surface area contributed by atoms with E-state index in [0.29, 0.717) is 17.2 Å². The van der Waals surface area contributed by atoms with Crippen LogP contribution in [0.3, 0.4) is 0 Å². The predicted molar refractivity (Wildman–Crippen MR) is 117 cm³/mol. The monoisotopic (exact) mass is 421 g/mol. The standard InChI is InChI=1S/C24H27N3O4/c1-16(24(29)27-13-10-17-4-2-3-5-20(17)27)26-11-8-18(9-12-26)23(28)25-19-6-7-21-22(14-19)31-15-30-21/h2-7,14,16,18H,8-13,15H2,1H3,(H,25,28). The van der Waals surface area contributed by atoms with E-state index in [1.165, 1.54) is 5.56 Å². The number of hydrogen-bond acceptors (Lipinski definition) is 5. The molecule has 7 nitrogen and oxygen atoms in total. The van der Waals surface area contributed by atoms with E-state index < -0.39 is 0 Å². The van der Waals surface area contributed by atoms with Crippen LogP contribution in [0, 0.1) is 5.92 Å². The average Bonchev–Trinajstić information content (AvgIpc) is 3.45. The number of nitrogens with one attached hydrogen (secondary N) is 1. The predicted octanol–water partition coefficient (Wildman–Crippen LogP) is 3.04. The molecule has 2 aromatic rings. The Morgan fingerprint density at radius 2 is 1.81 bits per heavy atom. The second-order valence-electron chi connectivity index (χ2n) is 8.41. The number of ether oxygens (including phenoxy) is 2. The molecule has 0 aliphatic carbocycles. The fourth-order valence-electron chi connectivity index (χ4n) is 4.72. The van der Waals surface area contributed by atoms with E-state index >= 15 is 0 Å². The molecule has 0 aromatic heterocycles. The van der Waals surface area contributed by atoms with Crippen molar-refractivity contribution in [2.45, 2.75) is 32.2 Å². The Balaban J connectivity index is 1.16. The fraction of sp³-hybridized carbons (Fsp3) is 0.417. The SMILES string of the molecule is CC(C(=O)N1CCc2ccccc21)N1CCC(C(=O)Nc2ccc3c(c2)OCO3)CC1. The number of carbonyl (C=O) groups excluding carboxylic acids is 2. The molecule has 3 aliphatic heterocycles. The van der Waals surface area contributed by atoms with Crippen LogP contribution >= 0.6 is 0 Å². The van der Waals surface area contributed by atoms with E-state index in [1.54, 1.807) is 6.07 Å². The smallest absolute Gasteiger partial charge is 0.244 e.